The van der Waals surface area contributed by atoms with Crippen molar-refractivity contribution >= 4 is 5.78 Å². The molecule has 1 heterocycles. The molecule has 2 rings (SSSR count). The van der Waals surface area contributed by atoms with Crippen LogP contribution >= 0.6 is 0 Å². The van der Waals surface area contributed by atoms with E-state index in [-0.39, 0.29) is 5.92 Å². The number of hydrogen-bond acceptors (Lipinski definition) is 2. The van der Waals surface area contributed by atoms with Gasteiger partial charge in [0.2, 0.25) is 0 Å². The Hall–Kier alpha value is -0.630. The monoisotopic (exact) mass is 236 g/mol. The minimum atomic E-state index is 0.141. The van der Waals surface area contributed by atoms with Crippen LogP contribution in [0.3, 0.4) is 0 Å². The fraction of sp³-hybridized carbons (Fsp3) is 0.800. The van der Waals surface area contributed by atoms with Crippen LogP contribution in [0, 0.1) is 11.3 Å². The molecule has 0 radical (unpaired) electrons. The fourth-order valence-electron chi connectivity index (χ4n) is 3.44. The Balaban J connectivity index is 2.07. The predicted molar refractivity (Wildman–Crippen MR) is 68.9 cm³/mol. The maximum atomic E-state index is 11.9. The Morgan fingerprint density at radius 1 is 1.41 bits per heavy atom. The molecule has 1 spiro atoms. The highest BCUT2D eigenvalue weighted by Gasteiger charge is 2.37. The van der Waals surface area contributed by atoms with Crippen LogP contribution in [0.2, 0.25) is 0 Å². The zero-order valence-electron chi connectivity index (χ0n) is 11.0. The third-order valence-corrected chi connectivity index (χ3v) is 4.59. The molecule has 0 aromatic heterocycles. The summed E-state index contributed by atoms with van der Waals surface area (Å²) in [6, 6.07) is 0. The molecule has 2 fully saturated rings. The molecule has 17 heavy (non-hydrogen) atoms. The Bertz CT molecular complexity index is 300. The first kappa shape index (κ1) is 12.8. The Kier molecular flexibility index (Phi) is 4.03. The number of ether oxygens (including phenoxy) is 1. The molecule has 2 nitrogen and oxygen atoms in total. The van der Waals surface area contributed by atoms with Crippen molar-refractivity contribution in [1.82, 2.24) is 0 Å². The van der Waals surface area contributed by atoms with Gasteiger partial charge in [-0.2, -0.15) is 0 Å². The zero-order valence-corrected chi connectivity index (χ0v) is 11.0. The van der Waals surface area contributed by atoms with E-state index >= 15 is 0 Å². The molecule has 0 N–H and O–H groups in total. The van der Waals surface area contributed by atoms with Crippen LogP contribution < -0.4 is 0 Å². The maximum Gasteiger partial charge on any atom is 0.139 e. The molecular weight excluding hydrogens is 212 g/mol. The summed E-state index contributed by atoms with van der Waals surface area (Å²) in [4.78, 5) is 11.9. The summed E-state index contributed by atoms with van der Waals surface area (Å²) in [5, 5.41) is 0. The normalized spacial score (nSPS) is 29.0. The number of carbonyl (C=O) groups is 1. The highest BCUT2D eigenvalue weighted by atomic mass is 16.5. The van der Waals surface area contributed by atoms with E-state index in [0.717, 1.165) is 38.9 Å². The predicted octanol–water partition coefficient (Wildman–Crippen LogP) is 3.51. The van der Waals surface area contributed by atoms with Gasteiger partial charge in [-0.05, 0) is 37.5 Å². The van der Waals surface area contributed by atoms with E-state index in [1.807, 2.05) is 6.92 Å². The fourth-order valence-corrected chi connectivity index (χ4v) is 3.44. The molecule has 1 aliphatic carbocycles. The number of carbonyl (C=O) groups excluding carboxylic acids is 1. The maximum absolute atomic E-state index is 11.9. The SMILES string of the molecule is C=C1CC2(CCCC1C(=O)CC)CCOCC2. The largest absolute Gasteiger partial charge is 0.381 e. The average molecular weight is 236 g/mol. The summed E-state index contributed by atoms with van der Waals surface area (Å²) in [5.41, 5.74) is 1.59. The topological polar surface area (TPSA) is 26.3 Å². The van der Waals surface area contributed by atoms with E-state index in [2.05, 4.69) is 6.58 Å². The van der Waals surface area contributed by atoms with Crippen molar-refractivity contribution in [3.63, 3.8) is 0 Å². The summed E-state index contributed by atoms with van der Waals surface area (Å²) in [7, 11) is 0. The van der Waals surface area contributed by atoms with E-state index in [1.165, 1.54) is 18.4 Å². The molecule has 96 valence electrons. The van der Waals surface area contributed by atoms with Gasteiger partial charge in [-0.3, -0.25) is 4.79 Å². The first-order valence-electron chi connectivity index (χ1n) is 6.95. The second-order valence-corrected chi connectivity index (χ2v) is 5.71. The second-order valence-electron chi connectivity index (χ2n) is 5.71. The lowest BCUT2D eigenvalue weighted by molar-refractivity contribution is -0.121. The van der Waals surface area contributed by atoms with E-state index < -0.39 is 0 Å². The number of Topliss-reactive ketones (excluding diaryl/α,β-unsaturated/α-hetero) is 1. The zero-order chi connectivity index (χ0) is 12.3. The molecule has 0 amide bonds. The van der Waals surface area contributed by atoms with Gasteiger partial charge in [0.05, 0.1) is 0 Å². The molecule has 1 aliphatic heterocycles. The van der Waals surface area contributed by atoms with Gasteiger partial charge in [0.15, 0.2) is 0 Å². The number of rotatable bonds is 2. The van der Waals surface area contributed by atoms with Crippen LogP contribution in [0.5, 0.6) is 0 Å². The van der Waals surface area contributed by atoms with Crippen molar-refractivity contribution < 1.29 is 9.53 Å². The quantitative estimate of drug-likeness (QED) is 0.686. The standard InChI is InChI=1S/C15H24O2/c1-3-14(16)13-5-4-6-15(11-12(13)2)7-9-17-10-8-15/h13H,2-11H2,1H3. The highest BCUT2D eigenvalue weighted by Crippen LogP contribution is 2.46. The Morgan fingerprint density at radius 3 is 2.76 bits per heavy atom. The summed E-state index contributed by atoms with van der Waals surface area (Å²) in [6.45, 7) is 7.95. The molecule has 0 aromatic carbocycles. The lowest BCUT2D eigenvalue weighted by atomic mass is 9.73. The van der Waals surface area contributed by atoms with Gasteiger partial charge in [0.1, 0.15) is 5.78 Å². The van der Waals surface area contributed by atoms with Crippen LogP contribution in [0.25, 0.3) is 0 Å². The lowest BCUT2D eigenvalue weighted by Gasteiger charge is -2.37. The van der Waals surface area contributed by atoms with E-state index in [9.17, 15) is 4.79 Å². The molecular formula is C15H24O2. The number of ketones is 1. The Morgan fingerprint density at radius 2 is 2.12 bits per heavy atom. The third kappa shape index (κ3) is 2.79. The number of allylic oxidation sites excluding steroid dienone is 1. The van der Waals surface area contributed by atoms with Gasteiger partial charge in [-0.25, -0.2) is 0 Å². The van der Waals surface area contributed by atoms with Crippen molar-refractivity contribution in [2.24, 2.45) is 11.3 Å². The van der Waals surface area contributed by atoms with Crippen LogP contribution in [0.4, 0.5) is 0 Å². The summed E-state index contributed by atoms with van der Waals surface area (Å²) < 4.78 is 5.47. The first-order valence-corrected chi connectivity index (χ1v) is 6.95. The van der Waals surface area contributed by atoms with Crippen LogP contribution in [0.1, 0.15) is 51.9 Å². The molecule has 1 unspecified atom stereocenters. The first-order chi connectivity index (χ1) is 8.17. The van der Waals surface area contributed by atoms with Gasteiger partial charge in [0, 0.05) is 25.6 Å². The molecule has 1 saturated carbocycles. The second kappa shape index (κ2) is 5.34. The smallest absolute Gasteiger partial charge is 0.139 e. The van der Waals surface area contributed by atoms with E-state index in [0.29, 0.717) is 17.6 Å². The molecule has 1 atom stereocenters. The van der Waals surface area contributed by atoms with Gasteiger partial charge in [-0.15, -0.1) is 0 Å². The molecule has 2 heteroatoms. The van der Waals surface area contributed by atoms with Gasteiger partial charge in [0.25, 0.3) is 0 Å². The van der Waals surface area contributed by atoms with Crippen molar-refractivity contribution in [2.45, 2.75) is 51.9 Å². The van der Waals surface area contributed by atoms with Crippen molar-refractivity contribution in [3.8, 4) is 0 Å². The number of hydrogen-bond donors (Lipinski definition) is 0. The van der Waals surface area contributed by atoms with Gasteiger partial charge >= 0.3 is 0 Å². The summed E-state index contributed by atoms with van der Waals surface area (Å²) in [5.74, 6) is 0.529. The van der Waals surface area contributed by atoms with E-state index in [4.69, 9.17) is 4.74 Å². The van der Waals surface area contributed by atoms with Crippen molar-refractivity contribution in [1.29, 1.82) is 0 Å². The molecule has 0 aromatic rings. The van der Waals surface area contributed by atoms with Gasteiger partial charge in [-0.1, -0.05) is 25.5 Å². The molecule has 2 aliphatic rings. The minimum Gasteiger partial charge on any atom is -0.381 e. The third-order valence-electron chi connectivity index (χ3n) is 4.59. The van der Waals surface area contributed by atoms with Crippen LogP contribution in [-0.2, 0) is 9.53 Å². The van der Waals surface area contributed by atoms with Crippen molar-refractivity contribution in [2.75, 3.05) is 13.2 Å². The van der Waals surface area contributed by atoms with Crippen LogP contribution in [-0.4, -0.2) is 19.0 Å². The summed E-state index contributed by atoms with van der Waals surface area (Å²) in [6.07, 6.45) is 7.46. The minimum absolute atomic E-state index is 0.141. The van der Waals surface area contributed by atoms with Gasteiger partial charge < -0.3 is 4.74 Å². The average Bonchev–Trinajstić information content (AvgIpc) is 2.49. The molecule has 0 bridgehead atoms. The van der Waals surface area contributed by atoms with Crippen LogP contribution in [0.15, 0.2) is 12.2 Å². The van der Waals surface area contributed by atoms with E-state index in [1.54, 1.807) is 0 Å². The van der Waals surface area contributed by atoms with Crippen molar-refractivity contribution in [3.05, 3.63) is 12.2 Å². The summed E-state index contributed by atoms with van der Waals surface area (Å²) >= 11 is 0. The highest BCUT2D eigenvalue weighted by molar-refractivity contribution is 5.83. The lowest BCUT2D eigenvalue weighted by Crippen LogP contribution is -2.29. The Labute approximate surface area is 104 Å². The molecule has 1 saturated heterocycles.